The summed E-state index contributed by atoms with van der Waals surface area (Å²) in [5, 5.41) is 2.78. The van der Waals surface area contributed by atoms with Gasteiger partial charge in [-0.15, -0.1) is 0 Å². The number of nitrogens with one attached hydrogen (secondary N) is 1. The van der Waals surface area contributed by atoms with Crippen molar-refractivity contribution in [2.75, 3.05) is 13.1 Å². The van der Waals surface area contributed by atoms with Crippen LogP contribution in [-0.2, 0) is 4.79 Å². The molecular weight excluding hydrogens is 160 g/mol. The van der Waals surface area contributed by atoms with Crippen LogP contribution in [0.2, 0.25) is 0 Å². The van der Waals surface area contributed by atoms with E-state index in [1.165, 1.54) is 0 Å². The molecule has 2 aliphatic rings. The Bertz CT molecular complexity index is 194. The largest absolute Gasteiger partial charge is 0.353 e. The van der Waals surface area contributed by atoms with Crippen molar-refractivity contribution >= 4 is 23.1 Å². The number of piperazine rings is 1. The van der Waals surface area contributed by atoms with Gasteiger partial charge in [-0.2, -0.15) is 0 Å². The maximum Gasteiger partial charge on any atom is 0.243 e. The van der Waals surface area contributed by atoms with E-state index in [9.17, 15) is 4.79 Å². The summed E-state index contributed by atoms with van der Waals surface area (Å²) in [6, 6.07) is 0.0521. The van der Waals surface area contributed by atoms with E-state index in [0.717, 1.165) is 24.4 Å². The number of amides is 1. The minimum Gasteiger partial charge on any atom is -0.353 e. The molecule has 0 unspecified atom stereocenters. The average Bonchev–Trinajstić information content (AvgIpc) is 2.45. The molecule has 0 aromatic carbocycles. The molecule has 0 aliphatic carbocycles. The molecule has 4 heteroatoms. The van der Waals surface area contributed by atoms with Crippen molar-refractivity contribution in [3.05, 3.63) is 0 Å². The van der Waals surface area contributed by atoms with Crippen molar-refractivity contribution in [3.8, 4) is 0 Å². The molecule has 0 bridgehead atoms. The van der Waals surface area contributed by atoms with E-state index in [-0.39, 0.29) is 11.9 Å². The fraction of sp³-hybridized carbons (Fsp3) is 0.714. The molecule has 2 aliphatic heterocycles. The lowest BCUT2D eigenvalue weighted by atomic mass is 10.2. The second kappa shape index (κ2) is 2.44. The fourth-order valence-corrected chi connectivity index (χ4v) is 2.01. The van der Waals surface area contributed by atoms with E-state index >= 15 is 0 Å². The van der Waals surface area contributed by atoms with Crippen LogP contribution < -0.4 is 5.32 Å². The summed E-state index contributed by atoms with van der Waals surface area (Å²) < 4.78 is 0. The van der Waals surface area contributed by atoms with Gasteiger partial charge in [0.05, 0.1) is 11.5 Å². The van der Waals surface area contributed by atoms with Crippen molar-refractivity contribution in [1.29, 1.82) is 0 Å². The molecule has 2 heterocycles. The summed E-state index contributed by atoms with van der Waals surface area (Å²) >= 11 is 5.11. The third kappa shape index (κ3) is 1.01. The Hall–Kier alpha value is -0.640. The van der Waals surface area contributed by atoms with Gasteiger partial charge in [0, 0.05) is 6.54 Å². The second-order valence-corrected chi connectivity index (χ2v) is 3.43. The van der Waals surface area contributed by atoms with Gasteiger partial charge < -0.3 is 10.2 Å². The van der Waals surface area contributed by atoms with E-state index in [1.54, 1.807) is 0 Å². The maximum atomic E-state index is 11.2. The summed E-state index contributed by atoms with van der Waals surface area (Å²) in [6.07, 6.45) is 2.06. The van der Waals surface area contributed by atoms with Crippen LogP contribution in [0, 0.1) is 0 Å². The predicted molar refractivity (Wildman–Crippen MR) is 45.3 cm³/mol. The van der Waals surface area contributed by atoms with Gasteiger partial charge in [0.1, 0.15) is 6.04 Å². The minimum absolute atomic E-state index is 0.0521. The number of hydrogen-bond acceptors (Lipinski definition) is 2. The number of thiocarbonyl (C=S) groups is 1. The molecule has 0 aromatic heterocycles. The van der Waals surface area contributed by atoms with Gasteiger partial charge in [-0.1, -0.05) is 12.2 Å². The molecule has 2 fully saturated rings. The molecule has 1 amide bonds. The van der Waals surface area contributed by atoms with Crippen molar-refractivity contribution in [1.82, 2.24) is 10.2 Å². The summed E-state index contributed by atoms with van der Waals surface area (Å²) in [5.41, 5.74) is 0. The third-order valence-electron chi connectivity index (χ3n) is 2.29. The highest BCUT2D eigenvalue weighted by atomic mass is 32.1. The van der Waals surface area contributed by atoms with Gasteiger partial charge in [-0.25, -0.2) is 0 Å². The zero-order valence-electron chi connectivity index (χ0n) is 6.17. The van der Waals surface area contributed by atoms with Crippen molar-refractivity contribution in [2.45, 2.75) is 18.9 Å². The first-order valence-corrected chi connectivity index (χ1v) is 4.27. The molecule has 2 rings (SSSR count). The number of carbonyl (C=O) groups is 1. The first-order valence-electron chi connectivity index (χ1n) is 3.86. The summed E-state index contributed by atoms with van der Waals surface area (Å²) in [4.78, 5) is 14.2. The van der Waals surface area contributed by atoms with Crippen LogP contribution in [0.1, 0.15) is 12.8 Å². The van der Waals surface area contributed by atoms with Crippen molar-refractivity contribution in [2.24, 2.45) is 0 Å². The summed E-state index contributed by atoms with van der Waals surface area (Å²) in [7, 11) is 0. The number of rotatable bonds is 0. The summed E-state index contributed by atoms with van der Waals surface area (Å²) in [6.45, 7) is 1.53. The van der Waals surface area contributed by atoms with Crippen LogP contribution in [0.25, 0.3) is 0 Å². The Morgan fingerprint density at radius 2 is 2.45 bits per heavy atom. The van der Waals surface area contributed by atoms with Gasteiger partial charge in [0.2, 0.25) is 5.91 Å². The minimum atomic E-state index is 0.0521. The van der Waals surface area contributed by atoms with Gasteiger partial charge >= 0.3 is 0 Å². The molecule has 60 valence electrons. The monoisotopic (exact) mass is 170 g/mol. The topological polar surface area (TPSA) is 32.3 Å². The van der Waals surface area contributed by atoms with Crippen LogP contribution in [-0.4, -0.2) is 34.9 Å². The molecule has 0 aromatic rings. The molecule has 2 saturated heterocycles. The van der Waals surface area contributed by atoms with Crippen molar-refractivity contribution < 1.29 is 4.79 Å². The smallest absolute Gasteiger partial charge is 0.243 e. The van der Waals surface area contributed by atoms with Crippen LogP contribution in [0.3, 0.4) is 0 Å². The number of fused-ring (bicyclic) bond motifs is 1. The zero-order valence-corrected chi connectivity index (χ0v) is 6.99. The van der Waals surface area contributed by atoms with Gasteiger partial charge in [0.15, 0.2) is 0 Å². The molecule has 3 nitrogen and oxygen atoms in total. The Kier molecular flexibility index (Phi) is 1.56. The predicted octanol–water partition coefficient (Wildman–Crippen LogP) is -0.0920. The molecule has 1 atom stereocenters. The van der Waals surface area contributed by atoms with Gasteiger partial charge in [-0.05, 0) is 12.8 Å². The maximum absolute atomic E-state index is 11.2. The summed E-state index contributed by atoms with van der Waals surface area (Å²) in [5.74, 6) is 0.149. The average molecular weight is 170 g/mol. The van der Waals surface area contributed by atoms with Crippen LogP contribution in [0.4, 0.5) is 0 Å². The molecule has 0 saturated carbocycles. The van der Waals surface area contributed by atoms with E-state index < -0.39 is 0 Å². The molecule has 1 N–H and O–H groups in total. The van der Waals surface area contributed by atoms with Crippen LogP contribution >= 0.6 is 12.2 Å². The van der Waals surface area contributed by atoms with Gasteiger partial charge in [0.25, 0.3) is 0 Å². The lowest BCUT2D eigenvalue weighted by Crippen LogP contribution is -2.54. The third-order valence-corrected chi connectivity index (χ3v) is 2.67. The van der Waals surface area contributed by atoms with Crippen LogP contribution in [0.15, 0.2) is 0 Å². The van der Waals surface area contributed by atoms with Crippen molar-refractivity contribution in [3.63, 3.8) is 0 Å². The Labute approximate surface area is 70.7 Å². The lowest BCUT2D eigenvalue weighted by molar-refractivity contribution is -0.124. The normalized spacial score (nSPS) is 30.2. The lowest BCUT2D eigenvalue weighted by Gasteiger charge is -2.31. The van der Waals surface area contributed by atoms with Gasteiger partial charge in [-0.3, -0.25) is 4.79 Å². The highest BCUT2D eigenvalue weighted by molar-refractivity contribution is 7.80. The van der Waals surface area contributed by atoms with E-state index in [0.29, 0.717) is 6.54 Å². The number of hydrogen-bond donors (Lipinski definition) is 1. The second-order valence-electron chi connectivity index (χ2n) is 2.96. The quantitative estimate of drug-likeness (QED) is 0.516. The first kappa shape index (κ1) is 7.03. The van der Waals surface area contributed by atoms with E-state index in [1.807, 2.05) is 4.90 Å². The standard InChI is InChI=1S/C7H10N2OS/c10-7-5-2-1-3-9(5)6(11)4-8-7/h5H,1-4H2,(H,8,10)/t5-/m0/s1. The number of nitrogens with zero attached hydrogens (tertiary/aromatic N) is 1. The first-order chi connectivity index (χ1) is 5.29. The molecule has 11 heavy (non-hydrogen) atoms. The Morgan fingerprint density at radius 3 is 3.18 bits per heavy atom. The molecule has 0 spiro atoms. The Morgan fingerprint density at radius 1 is 1.64 bits per heavy atom. The Balaban J connectivity index is 2.20. The SMILES string of the molecule is O=C1NCC(=S)N2CCC[C@@H]12. The van der Waals surface area contributed by atoms with E-state index in [4.69, 9.17) is 12.2 Å². The molecular formula is C7H10N2OS. The number of carbonyl (C=O) groups excluding carboxylic acids is 1. The highest BCUT2D eigenvalue weighted by Gasteiger charge is 2.35. The van der Waals surface area contributed by atoms with E-state index in [2.05, 4.69) is 5.32 Å². The molecule has 0 radical (unpaired) electrons. The van der Waals surface area contributed by atoms with Crippen LogP contribution in [0.5, 0.6) is 0 Å². The highest BCUT2D eigenvalue weighted by Crippen LogP contribution is 2.20. The fourth-order valence-electron chi connectivity index (χ4n) is 1.72. The zero-order chi connectivity index (χ0) is 7.84.